The van der Waals surface area contributed by atoms with Crippen LogP contribution in [0.5, 0.6) is 0 Å². The van der Waals surface area contributed by atoms with Gasteiger partial charge >= 0.3 is 0 Å². The van der Waals surface area contributed by atoms with E-state index in [4.69, 9.17) is 8.22 Å². The Morgan fingerprint density at radius 3 is 3.10 bits per heavy atom. The highest BCUT2D eigenvalue weighted by Gasteiger charge is 1.86. The van der Waals surface area contributed by atoms with Crippen LogP contribution in [0.3, 0.4) is 0 Å². The number of aryl methyl sites for hydroxylation is 1. The molecule has 1 aromatic carbocycles. The Bertz CT molecular complexity index is 387. The Morgan fingerprint density at radius 2 is 2.50 bits per heavy atom. The van der Waals surface area contributed by atoms with Gasteiger partial charge in [-0.1, -0.05) is 36.0 Å². The molecule has 1 heteroatoms. The van der Waals surface area contributed by atoms with Gasteiger partial charge in [0, 0.05) is 9.01 Å². The Hall–Kier alpha value is -0.690. The maximum absolute atomic E-state index is 7.30. The van der Waals surface area contributed by atoms with Crippen molar-refractivity contribution in [3.8, 4) is 0 Å². The van der Waals surface area contributed by atoms with Crippen LogP contribution >= 0.6 is 11.8 Å². The first-order chi connectivity index (χ1) is 7.30. The van der Waals surface area contributed by atoms with Crippen LogP contribution in [-0.2, 0) is 0 Å². The van der Waals surface area contributed by atoms with Gasteiger partial charge in [0.25, 0.3) is 0 Å². The smallest absolute Gasteiger partial charge is 0.0694 e. The van der Waals surface area contributed by atoms with Gasteiger partial charge < -0.3 is 0 Å². The molecule has 0 amide bonds. The van der Waals surface area contributed by atoms with Gasteiger partial charge in [-0.25, -0.2) is 0 Å². The summed E-state index contributed by atoms with van der Waals surface area (Å²) in [5, 5.41) is -0.165. The van der Waals surface area contributed by atoms with Crippen LogP contribution in [0.2, 0.25) is 0 Å². The number of benzene rings is 1. The van der Waals surface area contributed by atoms with Crippen LogP contribution in [0, 0.1) is 6.85 Å². The monoisotopic (exact) mass is 156 g/mol. The standard InChI is InChI=1S/C9H10S/c1-3-10-9-6-4-8(2)5-7-9/h3-7H,1H2,2H3/i1D2,2D3,3D. The Morgan fingerprint density at radius 1 is 1.70 bits per heavy atom. The minimum atomic E-state index is -2.13. The van der Waals surface area contributed by atoms with Gasteiger partial charge in [0.15, 0.2) is 0 Å². The molecule has 0 saturated heterocycles. The molecule has 0 unspecified atom stereocenters. The third-order valence-electron chi connectivity index (χ3n) is 1.02. The summed E-state index contributed by atoms with van der Waals surface area (Å²) in [5.41, 5.74) is 0.240. The van der Waals surface area contributed by atoms with Crippen molar-refractivity contribution in [1.29, 1.82) is 0 Å². The van der Waals surface area contributed by atoms with E-state index in [9.17, 15) is 0 Å². The molecule has 1 rings (SSSR count). The quantitative estimate of drug-likeness (QED) is 0.592. The molecule has 0 aliphatic rings. The van der Waals surface area contributed by atoms with E-state index >= 15 is 0 Å². The molecule has 52 valence electrons. The molecular formula is C9H10S. The van der Waals surface area contributed by atoms with Gasteiger partial charge in [0.05, 0.1) is 4.11 Å². The molecular weight excluding hydrogens is 140 g/mol. The predicted molar refractivity (Wildman–Crippen MR) is 47.2 cm³/mol. The van der Waals surface area contributed by atoms with Crippen molar-refractivity contribution in [3.63, 3.8) is 0 Å². The lowest BCUT2D eigenvalue weighted by molar-refractivity contribution is 1.38. The fourth-order valence-electron chi connectivity index (χ4n) is 0.582. The van der Waals surface area contributed by atoms with Crippen molar-refractivity contribution >= 4 is 11.8 Å². The highest BCUT2D eigenvalue weighted by Crippen LogP contribution is 2.17. The average Bonchev–Trinajstić information content (AvgIpc) is 2.17. The lowest BCUT2D eigenvalue weighted by Crippen LogP contribution is -1.69. The third kappa shape index (κ3) is 1.92. The zero-order valence-corrected chi connectivity index (χ0v) is 6.03. The Balaban J connectivity index is 2.85. The highest BCUT2D eigenvalue weighted by atomic mass is 32.2. The fourth-order valence-corrected chi connectivity index (χ4v) is 0.972. The van der Waals surface area contributed by atoms with Crippen molar-refractivity contribution in [2.75, 3.05) is 0 Å². The van der Waals surface area contributed by atoms with Gasteiger partial charge in [-0.2, -0.15) is 0 Å². The van der Waals surface area contributed by atoms with Crippen molar-refractivity contribution in [2.45, 2.75) is 11.7 Å². The molecule has 0 spiro atoms. The molecule has 0 fully saturated rings. The van der Waals surface area contributed by atoms with E-state index in [-0.39, 0.29) is 10.9 Å². The van der Waals surface area contributed by atoms with E-state index in [0.29, 0.717) is 4.90 Å². The molecule has 0 bridgehead atoms. The summed E-state index contributed by atoms with van der Waals surface area (Å²) >= 11 is 0.959. The molecule has 0 aliphatic heterocycles. The Labute approximate surface area is 74.4 Å². The summed E-state index contributed by atoms with van der Waals surface area (Å²) in [6.07, 6.45) is 0. The number of hydrogen-bond donors (Lipinski definition) is 0. The summed E-state index contributed by atoms with van der Waals surface area (Å²) in [7, 11) is 0. The number of thioether (sulfide) groups is 1. The van der Waals surface area contributed by atoms with Gasteiger partial charge in [0.2, 0.25) is 0 Å². The van der Waals surface area contributed by atoms with Gasteiger partial charge in [0.1, 0.15) is 0 Å². The second-order valence-electron chi connectivity index (χ2n) is 1.73. The van der Waals surface area contributed by atoms with E-state index in [0.717, 1.165) is 11.8 Å². The largest absolute Gasteiger partial charge is 0.0987 e. The van der Waals surface area contributed by atoms with Crippen molar-refractivity contribution < 1.29 is 8.22 Å². The first-order valence-electron chi connectivity index (χ1n) is 5.73. The highest BCUT2D eigenvalue weighted by molar-refractivity contribution is 8.02. The van der Waals surface area contributed by atoms with Gasteiger partial charge in [-0.15, -0.1) is 0 Å². The lowest BCUT2D eigenvalue weighted by atomic mass is 10.2. The topological polar surface area (TPSA) is 0 Å². The van der Waals surface area contributed by atoms with Crippen LogP contribution in [0.25, 0.3) is 0 Å². The summed E-state index contributed by atoms with van der Waals surface area (Å²) < 4.78 is 42.7. The molecule has 0 heterocycles. The van der Waals surface area contributed by atoms with Gasteiger partial charge in [-0.05, 0) is 24.4 Å². The van der Waals surface area contributed by atoms with Crippen LogP contribution < -0.4 is 0 Å². The van der Waals surface area contributed by atoms with E-state index < -0.39 is 13.4 Å². The zero-order chi connectivity index (χ0) is 12.3. The van der Waals surface area contributed by atoms with Crippen molar-refractivity contribution in [3.05, 3.63) is 41.7 Å². The Kier molecular flexibility index (Phi) is 0.952. The van der Waals surface area contributed by atoms with Crippen LogP contribution in [0.4, 0.5) is 0 Å². The van der Waals surface area contributed by atoms with Gasteiger partial charge in [-0.3, -0.25) is 0 Å². The molecule has 0 nitrogen and oxygen atoms in total. The third-order valence-corrected chi connectivity index (χ3v) is 1.63. The predicted octanol–water partition coefficient (Wildman–Crippen LogP) is 3.23. The van der Waals surface area contributed by atoms with E-state index in [2.05, 4.69) is 0 Å². The zero-order valence-electron chi connectivity index (χ0n) is 11.2. The van der Waals surface area contributed by atoms with E-state index in [1.165, 1.54) is 12.1 Å². The maximum Gasteiger partial charge on any atom is 0.0694 e. The van der Waals surface area contributed by atoms with Crippen LogP contribution in [0.1, 0.15) is 13.8 Å². The summed E-state index contributed by atoms with van der Waals surface area (Å²) in [4.78, 5) is 0.648. The van der Waals surface area contributed by atoms with Crippen molar-refractivity contribution in [1.82, 2.24) is 0 Å². The van der Waals surface area contributed by atoms with Crippen LogP contribution in [-0.4, -0.2) is 0 Å². The summed E-state index contributed by atoms with van der Waals surface area (Å²) in [5.74, 6) is 0. The molecule has 0 aromatic heterocycles. The minimum absolute atomic E-state index is 0.165. The fraction of sp³-hybridized carbons (Fsp3) is 0.111. The number of hydrogen-bond acceptors (Lipinski definition) is 1. The molecule has 10 heavy (non-hydrogen) atoms. The summed E-state index contributed by atoms with van der Waals surface area (Å²) in [6.45, 7) is -2.68. The first-order valence-corrected chi connectivity index (χ1v) is 3.55. The molecule has 0 saturated carbocycles. The lowest BCUT2D eigenvalue weighted by Gasteiger charge is -1.94. The second-order valence-corrected chi connectivity index (χ2v) is 2.61. The van der Waals surface area contributed by atoms with E-state index in [1.54, 1.807) is 12.1 Å². The molecule has 0 N–H and O–H groups in total. The minimum Gasteiger partial charge on any atom is -0.0987 e. The SMILES string of the molecule is [2H]C([2H])=C([2H])Sc1ccc(C([2H])([2H])[2H])cc1. The maximum atomic E-state index is 7.30. The number of rotatable bonds is 2. The van der Waals surface area contributed by atoms with Crippen molar-refractivity contribution in [2.24, 2.45) is 0 Å². The molecule has 0 aliphatic carbocycles. The normalized spacial score (nSPS) is 18.8. The first kappa shape index (κ1) is 2.74. The molecule has 0 atom stereocenters. The average molecular weight is 156 g/mol. The van der Waals surface area contributed by atoms with Crippen LogP contribution in [0.15, 0.2) is 41.1 Å². The molecule has 0 radical (unpaired) electrons. The second kappa shape index (κ2) is 3.47. The van der Waals surface area contributed by atoms with E-state index in [1.807, 2.05) is 0 Å². The summed E-state index contributed by atoms with van der Waals surface area (Å²) in [6, 6.07) is 6.08. The molecule has 1 aromatic rings.